The van der Waals surface area contributed by atoms with Gasteiger partial charge in [0.1, 0.15) is 5.75 Å². The summed E-state index contributed by atoms with van der Waals surface area (Å²) in [6.07, 6.45) is 5.09. The second-order valence-electron chi connectivity index (χ2n) is 4.66. The van der Waals surface area contributed by atoms with Crippen LogP contribution in [0.15, 0.2) is 24.3 Å². The molecule has 1 atom stereocenters. The summed E-state index contributed by atoms with van der Waals surface area (Å²) in [7, 11) is 0. The highest BCUT2D eigenvalue weighted by atomic mass is 35.5. The summed E-state index contributed by atoms with van der Waals surface area (Å²) < 4.78 is 5.67. The third-order valence-electron chi connectivity index (χ3n) is 3.24. The minimum absolute atomic E-state index is 0.755. The van der Waals surface area contributed by atoms with Crippen molar-refractivity contribution in [3.8, 4) is 5.75 Å². The highest BCUT2D eigenvalue weighted by molar-refractivity contribution is 6.30. The molecule has 0 saturated carbocycles. The lowest BCUT2D eigenvalue weighted by atomic mass is 9.95. The molecule has 2 rings (SSSR count). The Labute approximate surface area is 108 Å². The number of hydrogen-bond acceptors (Lipinski definition) is 2. The largest absolute Gasteiger partial charge is 0.494 e. The van der Waals surface area contributed by atoms with E-state index in [-0.39, 0.29) is 0 Å². The van der Waals surface area contributed by atoms with Crippen LogP contribution in [-0.4, -0.2) is 19.7 Å². The Balaban J connectivity index is 1.60. The van der Waals surface area contributed by atoms with Gasteiger partial charge < -0.3 is 10.1 Å². The first-order valence-corrected chi connectivity index (χ1v) is 6.81. The fourth-order valence-electron chi connectivity index (χ4n) is 2.26. The fourth-order valence-corrected chi connectivity index (χ4v) is 2.39. The van der Waals surface area contributed by atoms with Gasteiger partial charge in [0.15, 0.2) is 0 Å². The zero-order chi connectivity index (χ0) is 11.9. The molecular weight excluding hydrogens is 234 g/mol. The molecule has 1 aromatic rings. The molecule has 1 aliphatic rings. The molecule has 0 radical (unpaired) electrons. The van der Waals surface area contributed by atoms with Crippen molar-refractivity contribution in [1.82, 2.24) is 5.32 Å². The Morgan fingerprint density at radius 1 is 1.29 bits per heavy atom. The Kier molecular flexibility index (Phi) is 5.14. The van der Waals surface area contributed by atoms with Gasteiger partial charge in [0, 0.05) is 5.02 Å². The molecular formula is C14H20ClNO. The zero-order valence-electron chi connectivity index (χ0n) is 10.1. The summed E-state index contributed by atoms with van der Waals surface area (Å²) in [5.41, 5.74) is 0. The van der Waals surface area contributed by atoms with Crippen LogP contribution in [0.25, 0.3) is 0 Å². The van der Waals surface area contributed by atoms with E-state index in [9.17, 15) is 0 Å². The van der Waals surface area contributed by atoms with E-state index >= 15 is 0 Å². The lowest BCUT2D eigenvalue weighted by molar-refractivity contribution is 0.275. The van der Waals surface area contributed by atoms with Crippen LogP contribution in [0.1, 0.15) is 25.7 Å². The molecule has 1 N–H and O–H groups in total. The highest BCUT2D eigenvalue weighted by Crippen LogP contribution is 2.18. The van der Waals surface area contributed by atoms with E-state index in [1.807, 2.05) is 24.3 Å². The predicted molar refractivity (Wildman–Crippen MR) is 71.8 cm³/mol. The summed E-state index contributed by atoms with van der Waals surface area (Å²) in [5.74, 6) is 1.76. The van der Waals surface area contributed by atoms with Crippen molar-refractivity contribution >= 4 is 11.6 Å². The van der Waals surface area contributed by atoms with Gasteiger partial charge >= 0.3 is 0 Å². The van der Waals surface area contributed by atoms with Gasteiger partial charge in [-0.3, -0.25) is 0 Å². The lowest BCUT2D eigenvalue weighted by Crippen LogP contribution is -2.29. The van der Waals surface area contributed by atoms with Crippen molar-refractivity contribution < 1.29 is 4.74 Å². The monoisotopic (exact) mass is 253 g/mol. The average Bonchev–Trinajstić information content (AvgIpc) is 2.38. The maximum atomic E-state index is 5.81. The summed E-state index contributed by atoms with van der Waals surface area (Å²) in [5, 5.41) is 4.20. The van der Waals surface area contributed by atoms with Crippen LogP contribution in [0.2, 0.25) is 5.02 Å². The van der Waals surface area contributed by atoms with E-state index in [4.69, 9.17) is 16.3 Å². The van der Waals surface area contributed by atoms with Gasteiger partial charge in [-0.25, -0.2) is 0 Å². The number of rotatable bonds is 5. The molecule has 1 heterocycles. The maximum absolute atomic E-state index is 5.81. The number of piperidine rings is 1. The zero-order valence-corrected chi connectivity index (χ0v) is 10.9. The lowest BCUT2D eigenvalue weighted by Gasteiger charge is -2.22. The first kappa shape index (κ1) is 12.7. The normalized spacial score (nSPS) is 20.2. The number of halogens is 1. The second-order valence-corrected chi connectivity index (χ2v) is 5.09. The van der Waals surface area contributed by atoms with Gasteiger partial charge in [-0.05, 0) is 69.0 Å². The van der Waals surface area contributed by atoms with Crippen molar-refractivity contribution in [2.45, 2.75) is 25.7 Å². The van der Waals surface area contributed by atoms with E-state index < -0.39 is 0 Å². The number of hydrogen-bond donors (Lipinski definition) is 1. The van der Waals surface area contributed by atoms with Crippen molar-refractivity contribution in [2.24, 2.45) is 5.92 Å². The molecule has 1 fully saturated rings. The molecule has 0 spiro atoms. The van der Waals surface area contributed by atoms with E-state index in [1.54, 1.807) is 0 Å². The molecule has 17 heavy (non-hydrogen) atoms. The number of nitrogens with one attached hydrogen (secondary N) is 1. The van der Waals surface area contributed by atoms with E-state index in [0.29, 0.717) is 0 Å². The summed E-state index contributed by atoms with van der Waals surface area (Å²) in [6, 6.07) is 7.57. The van der Waals surface area contributed by atoms with E-state index in [0.717, 1.165) is 29.7 Å². The fraction of sp³-hybridized carbons (Fsp3) is 0.571. The SMILES string of the molecule is Clc1ccc(OCCCC2CCCNC2)cc1. The van der Waals surface area contributed by atoms with Crippen LogP contribution in [0, 0.1) is 5.92 Å². The molecule has 3 heteroatoms. The first-order chi connectivity index (χ1) is 8.34. The molecule has 0 amide bonds. The Hall–Kier alpha value is -0.730. The predicted octanol–water partition coefficient (Wildman–Crippen LogP) is 3.50. The maximum Gasteiger partial charge on any atom is 0.119 e. The van der Waals surface area contributed by atoms with Crippen LogP contribution >= 0.6 is 11.6 Å². The van der Waals surface area contributed by atoms with Gasteiger partial charge in [0.05, 0.1) is 6.61 Å². The molecule has 1 saturated heterocycles. The first-order valence-electron chi connectivity index (χ1n) is 6.44. The van der Waals surface area contributed by atoms with Gasteiger partial charge in [0.25, 0.3) is 0 Å². The smallest absolute Gasteiger partial charge is 0.119 e. The van der Waals surface area contributed by atoms with Gasteiger partial charge in [-0.15, -0.1) is 0 Å². The summed E-state index contributed by atoms with van der Waals surface area (Å²) in [4.78, 5) is 0. The summed E-state index contributed by atoms with van der Waals surface area (Å²) >= 11 is 5.81. The van der Waals surface area contributed by atoms with E-state index in [1.165, 1.54) is 32.4 Å². The van der Waals surface area contributed by atoms with Crippen LogP contribution in [0.5, 0.6) is 5.75 Å². The van der Waals surface area contributed by atoms with Crippen molar-refractivity contribution in [2.75, 3.05) is 19.7 Å². The number of ether oxygens (including phenoxy) is 1. The van der Waals surface area contributed by atoms with Gasteiger partial charge in [0.2, 0.25) is 0 Å². The third kappa shape index (κ3) is 4.57. The highest BCUT2D eigenvalue weighted by Gasteiger charge is 2.11. The average molecular weight is 254 g/mol. The number of benzene rings is 1. The molecule has 94 valence electrons. The van der Waals surface area contributed by atoms with Crippen LogP contribution in [-0.2, 0) is 0 Å². The molecule has 1 aliphatic heterocycles. The van der Waals surface area contributed by atoms with Crippen LogP contribution < -0.4 is 10.1 Å². The molecule has 2 nitrogen and oxygen atoms in total. The van der Waals surface area contributed by atoms with Crippen molar-refractivity contribution in [3.63, 3.8) is 0 Å². The van der Waals surface area contributed by atoms with Crippen molar-refractivity contribution in [1.29, 1.82) is 0 Å². The minimum Gasteiger partial charge on any atom is -0.494 e. The van der Waals surface area contributed by atoms with Crippen molar-refractivity contribution in [3.05, 3.63) is 29.3 Å². The van der Waals surface area contributed by atoms with Gasteiger partial charge in [-0.2, -0.15) is 0 Å². The third-order valence-corrected chi connectivity index (χ3v) is 3.49. The molecule has 1 unspecified atom stereocenters. The van der Waals surface area contributed by atoms with E-state index in [2.05, 4.69) is 5.32 Å². The van der Waals surface area contributed by atoms with Crippen LogP contribution in [0.3, 0.4) is 0 Å². The Bertz CT molecular complexity index is 319. The molecule has 0 aromatic heterocycles. The summed E-state index contributed by atoms with van der Waals surface area (Å²) in [6.45, 7) is 3.18. The minimum atomic E-state index is 0.755. The quantitative estimate of drug-likeness (QED) is 0.811. The van der Waals surface area contributed by atoms with Gasteiger partial charge in [-0.1, -0.05) is 11.6 Å². The molecule has 0 aliphatic carbocycles. The van der Waals surface area contributed by atoms with Crippen LogP contribution in [0.4, 0.5) is 0 Å². The topological polar surface area (TPSA) is 21.3 Å². The Morgan fingerprint density at radius 3 is 2.82 bits per heavy atom. The molecule has 1 aromatic carbocycles. The Morgan fingerprint density at radius 2 is 2.12 bits per heavy atom. The standard InChI is InChI=1S/C14H20ClNO/c15-13-5-7-14(8-6-13)17-10-2-4-12-3-1-9-16-11-12/h5-8,12,16H,1-4,9-11H2. The molecule has 0 bridgehead atoms. The second kappa shape index (κ2) is 6.87.